The molecule has 6 rings (SSSR count). The Labute approximate surface area is 168 Å². The van der Waals surface area contributed by atoms with Crippen LogP contribution in [-0.2, 0) is 6.42 Å². The molecule has 0 N–H and O–H groups in total. The zero-order valence-electron chi connectivity index (χ0n) is 16.3. The van der Waals surface area contributed by atoms with Gasteiger partial charge in [0, 0.05) is 36.4 Å². The Balaban J connectivity index is 1.55. The fourth-order valence-corrected chi connectivity index (χ4v) is 4.49. The summed E-state index contributed by atoms with van der Waals surface area (Å²) < 4.78 is 2.19. The molecule has 0 aliphatic carbocycles. The number of allylic oxidation sites excluding steroid dienone is 1. The van der Waals surface area contributed by atoms with E-state index in [-0.39, 0.29) is 6.17 Å². The normalized spacial score (nSPS) is 17.2. The second kappa shape index (κ2) is 5.91. The van der Waals surface area contributed by atoms with Crippen molar-refractivity contribution in [3.05, 3.63) is 72.3 Å². The van der Waals surface area contributed by atoms with Crippen LogP contribution < -0.4 is 9.80 Å². The van der Waals surface area contributed by atoms with Crippen LogP contribution in [0.25, 0.3) is 17.2 Å². The van der Waals surface area contributed by atoms with Crippen molar-refractivity contribution in [3.8, 4) is 0 Å². The predicted octanol–water partition coefficient (Wildman–Crippen LogP) is 4.80. The molecule has 0 fully saturated rings. The maximum absolute atomic E-state index is 4.79. The summed E-state index contributed by atoms with van der Waals surface area (Å²) in [5.74, 6) is 2.85. The van der Waals surface area contributed by atoms with Gasteiger partial charge >= 0.3 is 0 Å². The Morgan fingerprint density at radius 1 is 0.966 bits per heavy atom. The first-order chi connectivity index (χ1) is 14.2. The van der Waals surface area contributed by atoms with Crippen LogP contribution in [0.5, 0.6) is 0 Å². The molecule has 0 radical (unpaired) electrons. The minimum absolute atomic E-state index is 0.0439. The summed E-state index contributed by atoms with van der Waals surface area (Å²) in [6.45, 7) is 4.34. The van der Waals surface area contributed by atoms with E-state index in [4.69, 9.17) is 9.97 Å². The predicted molar refractivity (Wildman–Crippen MR) is 116 cm³/mol. The van der Waals surface area contributed by atoms with E-state index in [1.54, 1.807) is 12.4 Å². The van der Waals surface area contributed by atoms with Crippen LogP contribution in [0.4, 0.5) is 23.0 Å². The molecule has 0 amide bonds. The van der Waals surface area contributed by atoms with Gasteiger partial charge in [-0.25, -0.2) is 15.0 Å². The van der Waals surface area contributed by atoms with Crippen LogP contribution in [0.3, 0.4) is 0 Å². The maximum atomic E-state index is 4.79. The van der Waals surface area contributed by atoms with Crippen molar-refractivity contribution in [2.45, 2.75) is 26.4 Å². The fraction of sp³-hybridized carbons (Fsp3) is 0.174. The number of benzene rings is 2. The number of hydrogen-bond acceptors (Lipinski definition) is 5. The van der Waals surface area contributed by atoms with E-state index in [9.17, 15) is 0 Å². The molecule has 2 aliphatic heterocycles. The van der Waals surface area contributed by atoms with Gasteiger partial charge in [-0.2, -0.15) is 0 Å². The van der Waals surface area contributed by atoms with Gasteiger partial charge in [0.2, 0.25) is 0 Å². The zero-order chi connectivity index (χ0) is 19.5. The standard InChI is InChI=1S/C23H20N6/c1-15-13-18-20(27-12-6-9-21(27)26-18)14-19(15)29-16(2)28(17-7-4-3-5-8-17)22-23(29)25-11-10-24-22/h3-8,10-14,16H,9H2,1-2H3/t16-/m0/s1. The molecule has 0 spiro atoms. The summed E-state index contributed by atoms with van der Waals surface area (Å²) >= 11 is 0. The van der Waals surface area contributed by atoms with Crippen molar-refractivity contribution < 1.29 is 0 Å². The van der Waals surface area contributed by atoms with Gasteiger partial charge in [-0.15, -0.1) is 0 Å². The van der Waals surface area contributed by atoms with Crippen LogP contribution in [0, 0.1) is 6.92 Å². The summed E-state index contributed by atoms with van der Waals surface area (Å²) in [6.07, 6.45) is 8.72. The molecule has 29 heavy (non-hydrogen) atoms. The molecule has 1 atom stereocenters. The third kappa shape index (κ3) is 2.26. The number of imidazole rings is 1. The molecule has 0 unspecified atom stereocenters. The van der Waals surface area contributed by atoms with E-state index >= 15 is 0 Å². The summed E-state index contributed by atoms with van der Waals surface area (Å²) in [5, 5.41) is 0. The Kier molecular flexibility index (Phi) is 3.32. The second-order valence-corrected chi connectivity index (χ2v) is 7.53. The number of aryl methyl sites for hydroxylation is 1. The van der Waals surface area contributed by atoms with E-state index in [1.165, 1.54) is 5.56 Å². The highest BCUT2D eigenvalue weighted by molar-refractivity contribution is 5.90. The van der Waals surface area contributed by atoms with Gasteiger partial charge in [0.25, 0.3) is 0 Å². The lowest BCUT2D eigenvalue weighted by Gasteiger charge is -2.30. The fourth-order valence-electron chi connectivity index (χ4n) is 4.49. The van der Waals surface area contributed by atoms with Crippen LogP contribution in [0.2, 0.25) is 0 Å². The lowest BCUT2D eigenvalue weighted by atomic mass is 10.1. The van der Waals surface area contributed by atoms with Crippen molar-refractivity contribution in [2.24, 2.45) is 0 Å². The number of rotatable bonds is 2. The molecule has 0 saturated heterocycles. The Morgan fingerprint density at radius 3 is 2.52 bits per heavy atom. The molecule has 6 nitrogen and oxygen atoms in total. The third-order valence-corrected chi connectivity index (χ3v) is 5.79. The minimum Gasteiger partial charge on any atom is -0.303 e. The molecule has 142 valence electrons. The lowest BCUT2D eigenvalue weighted by molar-refractivity contribution is 0.753. The first kappa shape index (κ1) is 16.3. The first-order valence-corrected chi connectivity index (χ1v) is 9.85. The zero-order valence-corrected chi connectivity index (χ0v) is 16.3. The topological polar surface area (TPSA) is 50.1 Å². The van der Waals surface area contributed by atoms with Crippen molar-refractivity contribution >= 4 is 40.2 Å². The van der Waals surface area contributed by atoms with E-state index in [0.29, 0.717) is 0 Å². The molecule has 0 bridgehead atoms. The van der Waals surface area contributed by atoms with Crippen molar-refractivity contribution in [2.75, 3.05) is 9.80 Å². The summed E-state index contributed by atoms with van der Waals surface area (Å²) in [7, 11) is 0. The lowest BCUT2D eigenvalue weighted by Crippen LogP contribution is -2.36. The van der Waals surface area contributed by atoms with E-state index in [2.05, 4.69) is 81.9 Å². The SMILES string of the molecule is Cc1cc2nc3n(c2cc1N1c2nccnc2N(c2ccccc2)[C@@H]1C)C=CC3. The number of hydrogen-bond donors (Lipinski definition) is 0. The van der Waals surface area contributed by atoms with Gasteiger partial charge < -0.3 is 14.4 Å². The monoisotopic (exact) mass is 380 g/mol. The maximum Gasteiger partial charge on any atom is 0.178 e. The van der Waals surface area contributed by atoms with Gasteiger partial charge in [0.1, 0.15) is 12.0 Å². The van der Waals surface area contributed by atoms with E-state index in [1.807, 2.05) is 6.07 Å². The highest BCUT2D eigenvalue weighted by Crippen LogP contribution is 2.46. The number of nitrogens with zero attached hydrogens (tertiary/aromatic N) is 6. The highest BCUT2D eigenvalue weighted by atomic mass is 15.5. The number of fused-ring (bicyclic) bond motifs is 4. The van der Waals surface area contributed by atoms with Gasteiger partial charge in [0.05, 0.1) is 11.0 Å². The molecular formula is C23H20N6. The van der Waals surface area contributed by atoms with Crippen LogP contribution >= 0.6 is 0 Å². The molecule has 4 heterocycles. The van der Waals surface area contributed by atoms with Gasteiger partial charge in [-0.1, -0.05) is 24.3 Å². The Bertz CT molecular complexity index is 1270. The van der Waals surface area contributed by atoms with Crippen LogP contribution in [-0.4, -0.2) is 25.7 Å². The minimum atomic E-state index is 0.0439. The van der Waals surface area contributed by atoms with Crippen LogP contribution in [0.15, 0.2) is 60.9 Å². The Hall–Kier alpha value is -3.67. The van der Waals surface area contributed by atoms with Crippen molar-refractivity contribution in [1.82, 2.24) is 19.5 Å². The molecule has 2 aromatic heterocycles. The summed E-state index contributed by atoms with van der Waals surface area (Å²) in [5.41, 5.74) is 5.59. The van der Waals surface area contributed by atoms with E-state index in [0.717, 1.165) is 46.3 Å². The molecule has 4 aromatic rings. The third-order valence-electron chi connectivity index (χ3n) is 5.79. The quantitative estimate of drug-likeness (QED) is 0.500. The van der Waals surface area contributed by atoms with Gasteiger partial charge in [-0.05, 0) is 43.7 Å². The van der Waals surface area contributed by atoms with Crippen molar-refractivity contribution in [3.63, 3.8) is 0 Å². The second-order valence-electron chi connectivity index (χ2n) is 7.53. The smallest absolute Gasteiger partial charge is 0.178 e. The molecule has 0 saturated carbocycles. The average molecular weight is 380 g/mol. The molecule has 6 heteroatoms. The Morgan fingerprint density at radius 2 is 1.72 bits per heavy atom. The first-order valence-electron chi connectivity index (χ1n) is 9.85. The van der Waals surface area contributed by atoms with Gasteiger partial charge in [0.15, 0.2) is 11.6 Å². The van der Waals surface area contributed by atoms with Crippen molar-refractivity contribution in [1.29, 1.82) is 0 Å². The summed E-state index contributed by atoms with van der Waals surface area (Å²) in [4.78, 5) is 18.7. The van der Waals surface area contributed by atoms with Gasteiger partial charge in [-0.3, -0.25) is 0 Å². The van der Waals surface area contributed by atoms with E-state index < -0.39 is 0 Å². The molecule has 2 aliphatic rings. The highest BCUT2D eigenvalue weighted by Gasteiger charge is 2.38. The van der Waals surface area contributed by atoms with Crippen LogP contribution in [0.1, 0.15) is 18.3 Å². The summed E-state index contributed by atoms with van der Waals surface area (Å²) in [6, 6.07) is 14.8. The largest absolute Gasteiger partial charge is 0.303 e. The molecular weight excluding hydrogens is 360 g/mol. The average Bonchev–Trinajstić information content (AvgIpc) is 3.39. The molecule has 2 aromatic carbocycles. The number of aromatic nitrogens is 4. The number of para-hydroxylation sites is 1. The number of anilines is 4.